The third-order valence-corrected chi connectivity index (χ3v) is 2.82. The molecule has 2 aromatic carbocycles. The van der Waals surface area contributed by atoms with Crippen LogP contribution in [-0.4, -0.2) is 10.9 Å². The van der Waals surface area contributed by atoms with Gasteiger partial charge in [-0.15, -0.1) is 0 Å². The van der Waals surface area contributed by atoms with Crippen molar-refractivity contribution in [2.75, 3.05) is 0 Å². The summed E-state index contributed by atoms with van der Waals surface area (Å²) in [7, 11) is 0. The summed E-state index contributed by atoms with van der Waals surface area (Å²) in [5, 5.41) is 9.57. The highest BCUT2D eigenvalue weighted by Crippen LogP contribution is 2.23. The molecule has 0 atom stereocenters. The van der Waals surface area contributed by atoms with E-state index in [4.69, 9.17) is 0 Å². The lowest BCUT2D eigenvalue weighted by molar-refractivity contribution is 0.103. The summed E-state index contributed by atoms with van der Waals surface area (Å²) in [5.41, 5.74) is 2.82. The zero-order chi connectivity index (χ0) is 12.4. The highest BCUT2D eigenvalue weighted by atomic mass is 16.3. The molecule has 0 aromatic heterocycles. The number of phenols is 1. The molecule has 0 amide bonds. The summed E-state index contributed by atoms with van der Waals surface area (Å²) in [6, 6.07) is 12.5. The van der Waals surface area contributed by atoms with Gasteiger partial charge in [0, 0.05) is 11.1 Å². The van der Waals surface area contributed by atoms with E-state index in [2.05, 4.69) is 0 Å². The number of benzene rings is 2. The van der Waals surface area contributed by atoms with Gasteiger partial charge >= 0.3 is 0 Å². The van der Waals surface area contributed by atoms with Crippen LogP contribution in [0.1, 0.15) is 27.0 Å². The maximum Gasteiger partial charge on any atom is 0.193 e. The molecule has 0 aliphatic carbocycles. The fourth-order valence-electron chi connectivity index (χ4n) is 1.79. The quantitative estimate of drug-likeness (QED) is 0.798. The molecule has 86 valence electrons. The molecule has 0 unspecified atom stereocenters. The number of hydrogen-bond donors (Lipinski definition) is 1. The Labute approximate surface area is 101 Å². The average Bonchev–Trinajstić information content (AvgIpc) is 2.34. The average molecular weight is 226 g/mol. The van der Waals surface area contributed by atoms with Crippen molar-refractivity contribution >= 4 is 5.78 Å². The number of carbonyl (C=O) groups excluding carboxylic acids is 1. The molecule has 0 saturated heterocycles. The topological polar surface area (TPSA) is 37.3 Å². The minimum atomic E-state index is -0.00815. The summed E-state index contributed by atoms with van der Waals surface area (Å²) in [6.07, 6.45) is 0. The maximum atomic E-state index is 12.2. The number of aryl methyl sites for hydroxylation is 2. The van der Waals surface area contributed by atoms with Gasteiger partial charge in [0.1, 0.15) is 5.75 Å². The van der Waals surface area contributed by atoms with Crippen molar-refractivity contribution in [1.82, 2.24) is 0 Å². The van der Waals surface area contributed by atoms with Crippen LogP contribution >= 0.6 is 0 Å². The molecule has 0 bridgehead atoms. The minimum Gasteiger partial charge on any atom is -0.508 e. The van der Waals surface area contributed by atoms with Crippen LogP contribution in [0.15, 0.2) is 42.5 Å². The highest BCUT2D eigenvalue weighted by molar-refractivity contribution is 6.10. The van der Waals surface area contributed by atoms with Crippen molar-refractivity contribution in [3.63, 3.8) is 0 Å². The summed E-state index contributed by atoms with van der Waals surface area (Å²) in [6.45, 7) is 3.62. The number of aromatic hydroxyl groups is 1. The molecule has 0 fully saturated rings. The molecular formula is C15H14O2. The van der Waals surface area contributed by atoms with Gasteiger partial charge in [-0.1, -0.05) is 30.3 Å². The Morgan fingerprint density at radius 1 is 1.00 bits per heavy atom. The summed E-state index contributed by atoms with van der Waals surface area (Å²) < 4.78 is 0. The molecule has 0 saturated carbocycles. The second-order valence-corrected chi connectivity index (χ2v) is 4.15. The van der Waals surface area contributed by atoms with Gasteiger partial charge in [-0.25, -0.2) is 0 Å². The molecule has 1 N–H and O–H groups in total. The molecule has 0 spiro atoms. The van der Waals surface area contributed by atoms with Crippen molar-refractivity contribution in [3.05, 3.63) is 64.7 Å². The van der Waals surface area contributed by atoms with Gasteiger partial charge in [0.2, 0.25) is 0 Å². The number of ketones is 1. The summed E-state index contributed by atoms with van der Waals surface area (Å²) in [4.78, 5) is 12.2. The maximum absolute atomic E-state index is 12.2. The lowest BCUT2D eigenvalue weighted by atomic mass is 9.97. The van der Waals surface area contributed by atoms with Crippen molar-refractivity contribution in [3.8, 4) is 5.75 Å². The third-order valence-electron chi connectivity index (χ3n) is 2.82. The van der Waals surface area contributed by atoms with E-state index < -0.39 is 0 Å². The molecule has 2 aromatic rings. The summed E-state index contributed by atoms with van der Waals surface area (Å²) in [5.74, 6) is 0.221. The molecule has 17 heavy (non-hydrogen) atoms. The number of hydrogen-bond acceptors (Lipinski definition) is 2. The molecule has 0 heterocycles. The van der Waals surface area contributed by atoms with Crippen LogP contribution in [0.2, 0.25) is 0 Å². The fraction of sp³-hybridized carbons (Fsp3) is 0.133. The normalized spacial score (nSPS) is 10.2. The van der Waals surface area contributed by atoms with Gasteiger partial charge in [0.25, 0.3) is 0 Å². The van der Waals surface area contributed by atoms with Crippen molar-refractivity contribution in [2.24, 2.45) is 0 Å². The Hall–Kier alpha value is -2.09. The van der Waals surface area contributed by atoms with Gasteiger partial charge in [0.15, 0.2) is 5.78 Å². The van der Waals surface area contributed by atoms with E-state index in [1.165, 1.54) is 0 Å². The first-order valence-electron chi connectivity index (χ1n) is 5.49. The van der Waals surface area contributed by atoms with Gasteiger partial charge in [-0.05, 0) is 37.1 Å². The third kappa shape index (κ3) is 2.21. The molecular weight excluding hydrogens is 212 g/mol. The smallest absolute Gasteiger partial charge is 0.193 e. The zero-order valence-corrected chi connectivity index (χ0v) is 9.90. The van der Waals surface area contributed by atoms with Crippen molar-refractivity contribution < 1.29 is 9.90 Å². The Kier molecular flexibility index (Phi) is 2.96. The fourth-order valence-corrected chi connectivity index (χ4v) is 1.79. The Balaban J connectivity index is 2.48. The first-order valence-corrected chi connectivity index (χ1v) is 5.49. The Morgan fingerprint density at radius 2 is 1.65 bits per heavy atom. The minimum absolute atomic E-state index is 0.00815. The van der Waals surface area contributed by atoms with Gasteiger partial charge in [0.05, 0.1) is 0 Å². The van der Waals surface area contributed by atoms with E-state index in [1.807, 2.05) is 25.1 Å². The lowest BCUT2D eigenvalue weighted by Crippen LogP contribution is -2.04. The molecule has 2 nitrogen and oxygen atoms in total. The molecule has 0 aliphatic rings. The van der Waals surface area contributed by atoms with Crippen LogP contribution in [0.4, 0.5) is 0 Å². The number of phenolic OH excluding ortho intramolecular Hbond substituents is 1. The van der Waals surface area contributed by atoms with Gasteiger partial charge in [-0.3, -0.25) is 4.79 Å². The van der Waals surface area contributed by atoms with Crippen molar-refractivity contribution in [2.45, 2.75) is 13.8 Å². The molecule has 0 radical (unpaired) electrons. The van der Waals surface area contributed by atoms with Gasteiger partial charge in [-0.2, -0.15) is 0 Å². The van der Waals surface area contributed by atoms with E-state index in [9.17, 15) is 9.90 Å². The van der Waals surface area contributed by atoms with Crippen LogP contribution in [0.3, 0.4) is 0 Å². The molecule has 2 rings (SSSR count). The summed E-state index contributed by atoms with van der Waals surface area (Å²) >= 11 is 0. The van der Waals surface area contributed by atoms with Crippen LogP contribution in [-0.2, 0) is 0 Å². The van der Waals surface area contributed by atoms with Crippen molar-refractivity contribution in [1.29, 1.82) is 0 Å². The lowest BCUT2D eigenvalue weighted by Gasteiger charge is -2.08. The Bertz CT molecular complexity index is 557. The zero-order valence-electron chi connectivity index (χ0n) is 9.90. The van der Waals surface area contributed by atoms with E-state index in [1.54, 1.807) is 31.2 Å². The highest BCUT2D eigenvalue weighted by Gasteiger charge is 2.13. The van der Waals surface area contributed by atoms with Crippen LogP contribution in [0.5, 0.6) is 5.75 Å². The van der Waals surface area contributed by atoms with E-state index >= 15 is 0 Å². The van der Waals surface area contributed by atoms with E-state index in [0.717, 1.165) is 11.1 Å². The number of carbonyl (C=O) groups is 1. The SMILES string of the molecule is Cc1cc(C(=O)c2ccccc2)c(C)cc1O. The first-order chi connectivity index (χ1) is 8.09. The Morgan fingerprint density at radius 3 is 2.29 bits per heavy atom. The van der Waals surface area contributed by atoms with E-state index in [0.29, 0.717) is 11.1 Å². The van der Waals surface area contributed by atoms with Gasteiger partial charge < -0.3 is 5.11 Å². The monoisotopic (exact) mass is 226 g/mol. The van der Waals surface area contributed by atoms with Crippen LogP contribution in [0, 0.1) is 13.8 Å². The standard InChI is InChI=1S/C15H14O2/c1-10-9-14(16)11(2)8-13(10)15(17)12-6-4-3-5-7-12/h3-9,16H,1-2H3. The molecule has 2 heteroatoms. The predicted molar refractivity (Wildman–Crippen MR) is 67.5 cm³/mol. The number of rotatable bonds is 2. The van der Waals surface area contributed by atoms with E-state index in [-0.39, 0.29) is 11.5 Å². The van der Waals surface area contributed by atoms with Crippen LogP contribution in [0.25, 0.3) is 0 Å². The predicted octanol–water partition coefficient (Wildman–Crippen LogP) is 3.24. The van der Waals surface area contributed by atoms with Crippen LogP contribution < -0.4 is 0 Å². The molecule has 0 aliphatic heterocycles. The second kappa shape index (κ2) is 4.42. The largest absolute Gasteiger partial charge is 0.508 e. The first kappa shape index (κ1) is 11.4. The second-order valence-electron chi connectivity index (χ2n) is 4.15.